The molecule has 0 spiro atoms. The molecule has 0 radical (unpaired) electrons. The Labute approximate surface area is 130 Å². The van der Waals surface area contributed by atoms with Crippen LogP contribution in [0, 0.1) is 6.92 Å². The average Bonchev–Trinajstić information content (AvgIpc) is 3.17. The second-order valence-electron chi connectivity index (χ2n) is 5.26. The molecular formula is C15H14N2O4S. The largest absolute Gasteiger partial charge is 0.466 e. The van der Waals surface area contributed by atoms with Gasteiger partial charge in [-0.1, -0.05) is 0 Å². The maximum absolute atomic E-state index is 12.5. The molecule has 0 aromatic carbocycles. The third kappa shape index (κ3) is 2.23. The van der Waals surface area contributed by atoms with Crippen LogP contribution in [0.15, 0.2) is 34.9 Å². The van der Waals surface area contributed by atoms with Crippen LogP contribution in [0.25, 0.3) is 0 Å². The standard InChI is InChI=1S/C15H14N2O4S/c1-9-5-6-11(22-9)10(18)8-17-13(19)15(2,16-14(17)20)12-4-3-7-21-12/h3-7H,8H2,1-2H3,(H,16,20). The molecule has 1 atom stereocenters. The molecule has 0 aliphatic carbocycles. The first-order chi connectivity index (χ1) is 10.4. The highest BCUT2D eigenvalue weighted by Crippen LogP contribution is 2.29. The lowest BCUT2D eigenvalue weighted by atomic mass is 9.99. The number of hydrogen-bond donors (Lipinski definition) is 1. The zero-order valence-electron chi connectivity index (χ0n) is 12.1. The summed E-state index contributed by atoms with van der Waals surface area (Å²) in [6.45, 7) is 3.18. The smallest absolute Gasteiger partial charge is 0.325 e. The summed E-state index contributed by atoms with van der Waals surface area (Å²) >= 11 is 1.34. The molecule has 3 amide bonds. The normalized spacial score (nSPS) is 21.3. The molecule has 1 aliphatic heterocycles. The number of furan rings is 1. The molecule has 1 unspecified atom stereocenters. The van der Waals surface area contributed by atoms with Gasteiger partial charge in [0.15, 0.2) is 11.3 Å². The number of Topliss-reactive ketones (excluding diaryl/α,β-unsaturated/α-hetero) is 1. The number of urea groups is 1. The molecule has 2 aromatic heterocycles. The average molecular weight is 318 g/mol. The van der Waals surface area contributed by atoms with E-state index in [1.807, 2.05) is 13.0 Å². The number of carbonyl (C=O) groups is 3. The molecule has 1 saturated heterocycles. The van der Waals surface area contributed by atoms with Crippen molar-refractivity contribution in [1.82, 2.24) is 10.2 Å². The lowest BCUT2D eigenvalue weighted by Crippen LogP contribution is -2.41. The topological polar surface area (TPSA) is 79.6 Å². The van der Waals surface area contributed by atoms with Crippen molar-refractivity contribution in [3.8, 4) is 0 Å². The monoisotopic (exact) mass is 318 g/mol. The number of nitrogens with one attached hydrogen (secondary N) is 1. The van der Waals surface area contributed by atoms with E-state index < -0.39 is 17.5 Å². The molecule has 114 valence electrons. The fraction of sp³-hybridized carbons (Fsp3) is 0.267. The maximum Gasteiger partial charge on any atom is 0.325 e. The highest BCUT2D eigenvalue weighted by molar-refractivity contribution is 7.14. The Morgan fingerprint density at radius 3 is 2.73 bits per heavy atom. The molecule has 3 rings (SSSR count). The number of rotatable bonds is 4. The van der Waals surface area contributed by atoms with Crippen molar-refractivity contribution in [2.24, 2.45) is 0 Å². The fourth-order valence-electron chi connectivity index (χ4n) is 2.38. The number of carbonyl (C=O) groups excluding carboxylic acids is 3. The van der Waals surface area contributed by atoms with Crippen molar-refractivity contribution in [2.45, 2.75) is 19.4 Å². The zero-order valence-corrected chi connectivity index (χ0v) is 12.9. The Morgan fingerprint density at radius 1 is 1.36 bits per heavy atom. The zero-order chi connectivity index (χ0) is 15.9. The minimum Gasteiger partial charge on any atom is -0.466 e. The summed E-state index contributed by atoms with van der Waals surface area (Å²) in [5, 5.41) is 2.59. The third-order valence-corrected chi connectivity index (χ3v) is 4.65. The summed E-state index contributed by atoms with van der Waals surface area (Å²) in [5.74, 6) is -0.410. The van der Waals surface area contributed by atoms with Gasteiger partial charge in [0, 0.05) is 4.88 Å². The quantitative estimate of drug-likeness (QED) is 0.693. The van der Waals surface area contributed by atoms with E-state index in [-0.39, 0.29) is 12.3 Å². The third-order valence-electron chi connectivity index (χ3n) is 3.61. The van der Waals surface area contributed by atoms with Gasteiger partial charge in [-0.05, 0) is 38.1 Å². The number of aryl methyl sites for hydroxylation is 1. The number of thiophene rings is 1. The van der Waals surface area contributed by atoms with Crippen molar-refractivity contribution in [1.29, 1.82) is 0 Å². The minimum absolute atomic E-state index is 0.259. The minimum atomic E-state index is -1.27. The summed E-state index contributed by atoms with van der Waals surface area (Å²) in [7, 11) is 0. The number of amides is 3. The van der Waals surface area contributed by atoms with E-state index in [2.05, 4.69) is 5.32 Å². The Morgan fingerprint density at radius 2 is 2.14 bits per heavy atom. The van der Waals surface area contributed by atoms with Gasteiger partial charge in [0.05, 0.1) is 17.7 Å². The van der Waals surface area contributed by atoms with E-state index in [1.165, 1.54) is 17.6 Å². The van der Waals surface area contributed by atoms with Crippen LogP contribution in [0.3, 0.4) is 0 Å². The second kappa shape index (κ2) is 5.10. The molecule has 7 heteroatoms. The number of hydrogen-bond acceptors (Lipinski definition) is 5. The van der Waals surface area contributed by atoms with E-state index >= 15 is 0 Å². The van der Waals surface area contributed by atoms with Gasteiger partial charge in [0.2, 0.25) is 0 Å². The molecule has 2 aromatic rings. The summed E-state index contributed by atoms with van der Waals surface area (Å²) < 4.78 is 5.24. The van der Waals surface area contributed by atoms with Crippen LogP contribution in [-0.2, 0) is 10.3 Å². The second-order valence-corrected chi connectivity index (χ2v) is 6.55. The van der Waals surface area contributed by atoms with Crippen molar-refractivity contribution in [3.05, 3.63) is 46.0 Å². The molecule has 1 aliphatic rings. The molecule has 0 saturated carbocycles. The van der Waals surface area contributed by atoms with Gasteiger partial charge in [-0.3, -0.25) is 14.5 Å². The van der Waals surface area contributed by atoms with Crippen LogP contribution in [0.5, 0.6) is 0 Å². The van der Waals surface area contributed by atoms with Crippen LogP contribution in [0.4, 0.5) is 4.79 Å². The molecule has 6 nitrogen and oxygen atoms in total. The molecule has 1 N–H and O–H groups in total. The van der Waals surface area contributed by atoms with Gasteiger partial charge in [0.25, 0.3) is 5.91 Å². The van der Waals surface area contributed by atoms with Crippen LogP contribution in [-0.4, -0.2) is 29.2 Å². The summed E-state index contributed by atoms with van der Waals surface area (Å²) in [4.78, 5) is 39.3. The van der Waals surface area contributed by atoms with E-state index in [1.54, 1.807) is 25.1 Å². The molecule has 22 heavy (non-hydrogen) atoms. The maximum atomic E-state index is 12.5. The van der Waals surface area contributed by atoms with Crippen LogP contribution in [0.2, 0.25) is 0 Å². The summed E-state index contributed by atoms with van der Waals surface area (Å²) in [5.41, 5.74) is -1.27. The SMILES string of the molecule is Cc1ccc(C(=O)CN2C(=O)NC(C)(c3ccco3)C2=O)s1. The van der Waals surface area contributed by atoms with Crippen LogP contribution in [0.1, 0.15) is 27.2 Å². The van der Waals surface area contributed by atoms with Gasteiger partial charge in [-0.2, -0.15) is 0 Å². The highest BCUT2D eigenvalue weighted by Gasteiger charge is 2.51. The Hall–Kier alpha value is -2.41. The van der Waals surface area contributed by atoms with E-state index in [0.29, 0.717) is 10.6 Å². The van der Waals surface area contributed by atoms with Gasteiger partial charge in [0.1, 0.15) is 5.76 Å². The number of ketones is 1. The van der Waals surface area contributed by atoms with Gasteiger partial charge >= 0.3 is 6.03 Å². The number of nitrogens with zero attached hydrogens (tertiary/aromatic N) is 1. The number of imide groups is 1. The van der Waals surface area contributed by atoms with E-state index in [0.717, 1.165) is 9.78 Å². The van der Waals surface area contributed by atoms with Crippen molar-refractivity contribution >= 4 is 29.1 Å². The van der Waals surface area contributed by atoms with Crippen LogP contribution >= 0.6 is 11.3 Å². The van der Waals surface area contributed by atoms with E-state index in [9.17, 15) is 14.4 Å². The van der Waals surface area contributed by atoms with Gasteiger partial charge < -0.3 is 9.73 Å². The first-order valence-electron chi connectivity index (χ1n) is 6.69. The fourth-order valence-corrected chi connectivity index (χ4v) is 3.17. The van der Waals surface area contributed by atoms with Crippen molar-refractivity contribution in [2.75, 3.05) is 6.54 Å². The molecule has 0 bridgehead atoms. The predicted octanol–water partition coefficient (Wildman–Crippen LogP) is 2.30. The van der Waals surface area contributed by atoms with Crippen LogP contribution < -0.4 is 5.32 Å². The van der Waals surface area contributed by atoms with Gasteiger partial charge in [-0.25, -0.2) is 4.79 Å². The lowest BCUT2D eigenvalue weighted by molar-refractivity contribution is -0.131. The first-order valence-corrected chi connectivity index (χ1v) is 7.51. The van der Waals surface area contributed by atoms with Crippen molar-refractivity contribution in [3.63, 3.8) is 0 Å². The Balaban J connectivity index is 1.82. The van der Waals surface area contributed by atoms with E-state index in [4.69, 9.17) is 4.42 Å². The highest BCUT2D eigenvalue weighted by atomic mass is 32.1. The molecule has 1 fully saturated rings. The Bertz CT molecular complexity index is 749. The molecular weight excluding hydrogens is 304 g/mol. The molecule has 3 heterocycles. The van der Waals surface area contributed by atoms with Gasteiger partial charge in [-0.15, -0.1) is 11.3 Å². The predicted molar refractivity (Wildman–Crippen MR) is 79.7 cm³/mol. The lowest BCUT2D eigenvalue weighted by Gasteiger charge is -2.18. The Kier molecular flexibility index (Phi) is 3.37. The first kappa shape index (κ1) is 14.5. The summed E-state index contributed by atoms with van der Waals surface area (Å²) in [6.07, 6.45) is 1.43. The van der Waals surface area contributed by atoms with Crippen molar-refractivity contribution < 1.29 is 18.8 Å². The summed E-state index contributed by atoms with van der Waals surface area (Å²) in [6, 6.07) is 6.20.